The number of imidazole rings is 1. The Labute approximate surface area is 121 Å². The second-order valence-electron chi connectivity index (χ2n) is 5.56. The molecule has 2 heterocycles. The van der Waals surface area contributed by atoms with Gasteiger partial charge in [0.15, 0.2) is 11.5 Å². The lowest BCUT2D eigenvalue weighted by atomic mass is 10.2. The first-order valence-electron chi connectivity index (χ1n) is 7.24. The Morgan fingerprint density at radius 1 is 1.29 bits per heavy atom. The van der Waals surface area contributed by atoms with Gasteiger partial charge >= 0.3 is 5.97 Å². The maximum absolute atomic E-state index is 11.1. The van der Waals surface area contributed by atoms with Crippen molar-refractivity contribution in [3.63, 3.8) is 0 Å². The average molecular weight is 288 g/mol. The molecule has 21 heavy (non-hydrogen) atoms. The molecule has 0 spiro atoms. The van der Waals surface area contributed by atoms with E-state index in [0.717, 1.165) is 36.1 Å². The molecule has 1 N–H and O–H groups in total. The second kappa shape index (κ2) is 4.65. The molecule has 1 aliphatic heterocycles. The molecule has 0 radical (unpaired) electrons. The second-order valence-corrected chi connectivity index (χ2v) is 5.56. The van der Waals surface area contributed by atoms with E-state index < -0.39 is 5.97 Å². The predicted molar refractivity (Wildman–Crippen MR) is 75.0 cm³/mol. The summed E-state index contributed by atoms with van der Waals surface area (Å²) in [5.74, 6) is 1.77. The van der Waals surface area contributed by atoms with E-state index in [-0.39, 0.29) is 6.54 Å². The van der Waals surface area contributed by atoms with Crippen molar-refractivity contribution in [2.75, 3.05) is 13.2 Å². The molecule has 0 atom stereocenters. The van der Waals surface area contributed by atoms with Gasteiger partial charge in [0.25, 0.3) is 0 Å². The lowest BCUT2D eigenvalue weighted by Crippen LogP contribution is -2.11. The molecule has 1 fully saturated rings. The molecule has 6 heteroatoms. The molecule has 1 aromatic heterocycles. The zero-order chi connectivity index (χ0) is 14.4. The summed E-state index contributed by atoms with van der Waals surface area (Å²) in [6, 6.07) is 3.72. The summed E-state index contributed by atoms with van der Waals surface area (Å²) in [4.78, 5) is 15.8. The van der Waals surface area contributed by atoms with Gasteiger partial charge in [-0.2, -0.15) is 0 Å². The smallest absolute Gasteiger partial charge is 0.323 e. The van der Waals surface area contributed by atoms with E-state index in [1.807, 2.05) is 12.1 Å². The van der Waals surface area contributed by atoms with Crippen LogP contribution in [0.1, 0.15) is 31.0 Å². The normalized spacial score (nSPS) is 17.7. The summed E-state index contributed by atoms with van der Waals surface area (Å²) in [5.41, 5.74) is 1.59. The Balaban J connectivity index is 1.88. The number of hydrogen-bond acceptors (Lipinski definition) is 4. The molecule has 0 bridgehead atoms. The molecule has 6 nitrogen and oxygen atoms in total. The Bertz CT molecular complexity index is 718. The van der Waals surface area contributed by atoms with E-state index in [1.165, 1.54) is 0 Å². The highest BCUT2D eigenvalue weighted by atomic mass is 16.5. The van der Waals surface area contributed by atoms with Gasteiger partial charge in [-0.05, 0) is 12.8 Å². The van der Waals surface area contributed by atoms with Crippen molar-refractivity contribution in [1.29, 1.82) is 0 Å². The molecule has 2 aromatic rings. The highest BCUT2D eigenvalue weighted by molar-refractivity contribution is 5.82. The number of carboxylic acids is 1. The molecule has 110 valence electrons. The van der Waals surface area contributed by atoms with Gasteiger partial charge in [0.2, 0.25) is 0 Å². The molecule has 2 aliphatic rings. The van der Waals surface area contributed by atoms with Gasteiger partial charge in [0.1, 0.15) is 12.4 Å². The summed E-state index contributed by atoms with van der Waals surface area (Å²) in [6.07, 6.45) is 3.00. The van der Waals surface area contributed by atoms with E-state index in [9.17, 15) is 4.79 Å². The van der Waals surface area contributed by atoms with Crippen LogP contribution in [-0.2, 0) is 11.3 Å². The van der Waals surface area contributed by atoms with Crippen molar-refractivity contribution in [2.45, 2.75) is 31.7 Å². The summed E-state index contributed by atoms with van der Waals surface area (Å²) in [7, 11) is 0. The molecule has 1 aliphatic carbocycles. The van der Waals surface area contributed by atoms with Crippen LogP contribution in [0.15, 0.2) is 12.1 Å². The van der Waals surface area contributed by atoms with Crippen LogP contribution < -0.4 is 9.47 Å². The topological polar surface area (TPSA) is 73.6 Å². The minimum Gasteiger partial charge on any atom is -0.489 e. The van der Waals surface area contributed by atoms with Gasteiger partial charge in [-0.25, -0.2) is 4.98 Å². The maximum Gasteiger partial charge on any atom is 0.323 e. The van der Waals surface area contributed by atoms with Crippen molar-refractivity contribution in [3.05, 3.63) is 18.0 Å². The van der Waals surface area contributed by atoms with Gasteiger partial charge < -0.3 is 19.1 Å². The first-order chi connectivity index (χ1) is 10.2. The monoisotopic (exact) mass is 288 g/mol. The molecule has 0 amide bonds. The fourth-order valence-electron chi connectivity index (χ4n) is 2.75. The molecular weight excluding hydrogens is 272 g/mol. The number of benzene rings is 1. The number of ether oxygens (including phenoxy) is 2. The third kappa shape index (κ3) is 2.20. The van der Waals surface area contributed by atoms with Crippen molar-refractivity contribution in [1.82, 2.24) is 9.55 Å². The zero-order valence-corrected chi connectivity index (χ0v) is 11.5. The Morgan fingerprint density at radius 3 is 2.67 bits per heavy atom. The number of rotatable bonds is 3. The Morgan fingerprint density at radius 2 is 2.00 bits per heavy atom. The maximum atomic E-state index is 11.1. The van der Waals surface area contributed by atoms with E-state index in [2.05, 4.69) is 4.98 Å². The van der Waals surface area contributed by atoms with E-state index in [0.29, 0.717) is 30.6 Å². The molecule has 4 rings (SSSR count). The number of aliphatic carboxylic acids is 1. The number of hydrogen-bond donors (Lipinski definition) is 1. The predicted octanol–water partition coefficient (Wildman–Crippen LogP) is 2.16. The van der Waals surface area contributed by atoms with Crippen LogP contribution in [0, 0.1) is 0 Å². The highest BCUT2D eigenvalue weighted by Crippen LogP contribution is 2.42. The molecule has 1 aromatic carbocycles. The van der Waals surface area contributed by atoms with Crippen LogP contribution in [0.2, 0.25) is 0 Å². The number of fused-ring (bicyclic) bond motifs is 2. The lowest BCUT2D eigenvalue weighted by molar-refractivity contribution is -0.137. The van der Waals surface area contributed by atoms with Gasteiger partial charge in [-0.3, -0.25) is 4.79 Å². The third-order valence-corrected chi connectivity index (χ3v) is 3.88. The number of carboxylic acid groups (broad SMARTS) is 1. The van der Waals surface area contributed by atoms with Crippen molar-refractivity contribution < 1.29 is 19.4 Å². The van der Waals surface area contributed by atoms with Crippen LogP contribution >= 0.6 is 0 Å². The summed E-state index contributed by atoms with van der Waals surface area (Å²) in [5, 5.41) is 9.15. The van der Waals surface area contributed by atoms with Crippen LogP contribution in [0.5, 0.6) is 11.5 Å². The Kier molecular flexibility index (Phi) is 2.77. The minimum atomic E-state index is -0.858. The third-order valence-electron chi connectivity index (χ3n) is 3.88. The summed E-state index contributed by atoms with van der Waals surface area (Å²) >= 11 is 0. The quantitative estimate of drug-likeness (QED) is 0.937. The number of nitrogens with zero attached hydrogens (tertiary/aromatic N) is 2. The molecule has 0 saturated heterocycles. The Hall–Kier alpha value is -2.24. The van der Waals surface area contributed by atoms with E-state index in [4.69, 9.17) is 14.6 Å². The van der Waals surface area contributed by atoms with E-state index in [1.54, 1.807) is 4.57 Å². The van der Waals surface area contributed by atoms with Crippen molar-refractivity contribution >= 4 is 17.0 Å². The van der Waals surface area contributed by atoms with Gasteiger partial charge in [-0.1, -0.05) is 0 Å². The SMILES string of the molecule is O=C(O)Cn1c(C2CC2)nc2cc3c(cc21)OCCCO3. The van der Waals surface area contributed by atoms with Gasteiger partial charge in [-0.15, -0.1) is 0 Å². The molecule has 0 unspecified atom stereocenters. The van der Waals surface area contributed by atoms with Crippen molar-refractivity contribution in [2.24, 2.45) is 0 Å². The van der Waals surface area contributed by atoms with E-state index >= 15 is 0 Å². The van der Waals surface area contributed by atoms with Crippen LogP contribution in [-0.4, -0.2) is 33.8 Å². The van der Waals surface area contributed by atoms with Crippen molar-refractivity contribution in [3.8, 4) is 11.5 Å². The summed E-state index contributed by atoms with van der Waals surface area (Å²) < 4.78 is 13.2. The molecule has 1 saturated carbocycles. The van der Waals surface area contributed by atoms with Gasteiger partial charge in [0, 0.05) is 24.5 Å². The lowest BCUT2D eigenvalue weighted by Gasteiger charge is -2.09. The standard InChI is InChI=1S/C15H16N2O4/c18-14(19)8-17-11-7-13-12(20-4-1-5-21-13)6-10(11)16-15(17)9-2-3-9/h6-7,9H,1-5,8H2,(H,18,19). The average Bonchev–Trinajstić information content (AvgIpc) is 3.25. The first-order valence-corrected chi connectivity index (χ1v) is 7.24. The summed E-state index contributed by atoms with van der Waals surface area (Å²) in [6.45, 7) is 1.17. The number of carbonyl (C=O) groups is 1. The van der Waals surface area contributed by atoms with Crippen LogP contribution in [0.3, 0.4) is 0 Å². The largest absolute Gasteiger partial charge is 0.489 e. The number of aromatic nitrogens is 2. The fraction of sp³-hybridized carbons (Fsp3) is 0.467. The molecular formula is C15H16N2O4. The van der Waals surface area contributed by atoms with Crippen LogP contribution in [0.25, 0.3) is 11.0 Å². The zero-order valence-electron chi connectivity index (χ0n) is 11.5. The van der Waals surface area contributed by atoms with Crippen LogP contribution in [0.4, 0.5) is 0 Å². The highest BCUT2D eigenvalue weighted by Gasteiger charge is 2.30. The van der Waals surface area contributed by atoms with Gasteiger partial charge in [0.05, 0.1) is 24.2 Å². The fourth-order valence-corrected chi connectivity index (χ4v) is 2.75. The first kappa shape index (κ1) is 12.5. The minimum absolute atomic E-state index is 0.0675.